The normalized spacial score (nSPS) is 21.8. The van der Waals surface area contributed by atoms with Crippen LogP contribution < -0.4 is 0 Å². The molecular weight excluding hydrogens is 328 g/mol. The number of ketones is 1. The van der Waals surface area contributed by atoms with Gasteiger partial charge in [0.2, 0.25) is 0 Å². The number of unbranched alkanes of at least 4 members (excludes halogenated alkanes) is 5. The molecule has 0 aromatic rings. The molecule has 4 heteroatoms. The van der Waals surface area contributed by atoms with Gasteiger partial charge in [-0.3, -0.25) is 9.59 Å². The molecule has 0 aliphatic heterocycles. The average molecular weight is 365 g/mol. The quantitative estimate of drug-likeness (QED) is 0.334. The summed E-state index contributed by atoms with van der Waals surface area (Å²) in [6, 6.07) is 0. The molecule has 0 amide bonds. The highest BCUT2D eigenvalue weighted by molar-refractivity contribution is 5.83. The first kappa shape index (κ1) is 22.6. The fourth-order valence-corrected chi connectivity index (χ4v) is 3.53. The lowest BCUT2D eigenvalue weighted by Gasteiger charge is -2.13. The molecule has 148 valence electrons. The Morgan fingerprint density at radius 2 is 1.96 bits per heavy atom. The molecule has 1 fully saturated rings. The third kappa shape index (κ3) is 9.91. The van der Waals surface area contributed by atoms with Crippen LogP contribution in [0, 0.1) is 11.8 Å². The number of carboxylic acids is 1. The van der Waals surface area contributed by atoms with Crippen LogP contribution in [0.3, 0.4) is 0 Å². The van der Waals surface area contributed by atoms with Crippen molar-refractivity contribution in [1.29, 1.82) is 0 Å². The first-order valence-electron chi connectivity index (χ1n) is 10.3. The van der Waals surface area contributed by atoms with Crippen LogP contribution in [0.15, 0.2) is 24.3 Å². The molecule has 1 rings (SSSR count). The summed E-state index contributed by atoms with van der Waals surface area (Å²) in [6.07, 6.45) is 18.1. The van der Waals surface area contributed by atoms with Crippen LogP contribution in [0.25, 0.3) is 0 Å². The first-order valence-corrected chi connectivity index (χ1v) is 10.3. The highest BCUT2D eigenvalue weighted by Gasteiger charge is 2.31. The standard InChI is InChI=1S/C22H36O4/c1-2-3-4-5-8-11-19(23)16-14-18-15-17-21(24)20(18)12-9-6-7-10-13-22(25)26/h6,9,14,16,18-20,23H,2-5,7-8,10-13,15,17H2,1H3,(H,25,26)/b9-6-,16-14?/t18-,19?,20+/m1/s1. The van der Waals surface area contributed by atoms with Gasteiger partial charge in [-0.2, -0.15) is 0 Å². The van der Waals surface area contributed by atoms with E-state index in [1.54, 1.807) is 0 Å². The van der Waals surface area contributed by atoms with E-state index in [-0.39, 0.29) is 18.3 Å². The lowest BCUT2D eigenvalue weighted by Crippen LogP contribution is -2.13. The third-order valence-electron chi connectivity index (χ3n) is 5.16. The lowest BCUT2D eigenvalue weighted by atomic mass is 9.91. The molecule has 26 heavy (non-hydrogen) atoms. The molecule has 1 saturated carbocycles. The Balaban J connectivity index is 2.31. The van der Waals surface area contributed by atoms with Crippen molar-refractivity contribution < 1.29 is 19.8 Å². The summed E-state index contributed by atoms with van der Waals surface area (Å²) in [7, 11) is 0. The number of carbonyl (C=O) groups excluding carboxylic acids is 1. The maximum absolute atomic E-state index is 12.1. The maximum Gasteiger partial charge on any atom is 0.303 e. The van der Waals surface area contributed by atoms with Crippen molar-refractivity contribution in [2.75, 3.05) is 0 Å². The Morgan fingerprint density at radius 3 is 2.69 bits per heavy atom. The Morgan fingerprint density at radius 1 is 1.19 bits per heavy atom. The molecule has 0 aromatic carbocycles. The van der Waals surface area contributed by atoms with Crippen LogP contribution in [0.2, 0.25) is 0 Å². The number of Topliss-reactive ketones (excluding diaryl/α,β-unsaturated/α-hetero) is 1. The van der Waals surface area contributed by atoms with E-state index >= 15 is 0 Å². The van der Waals surface area contributed by atoms with E-state index in [1.807, 2.05) is 24.3 Å². The average Bonchev–Trinajstić information content (AvgIpc) is 2.95. The lowest BCUT2D eigenvalue weighted by molar-refractivity contribution is -0.137. The second kappa shape index (κ2) is 13.7. The molecule has 1 unspecified atom stereocenters. The number of rotatable bonds is 14. The van der Waals surface area contributed by atoms with Gasteiger partial charge in [0.1, 0.15) is 5.78 Å². The van der Waals surface area contributed by atoms with Gasteiger partial charge in [-0.15, -0.1) is 0 Å². The number of aliphatic hydroxyl groups is 1. The molecule has 0 heterocycles. The van der Waals surface area contributed by atoms with E-state index in [2.05, 4.69) is 6.92 Å². The number of aliphatic hydroxyl groups excluding tert-OH is 1. The second-order valence-electron chi connectivity index (χ2n) is 7.42. The SMILES string of the molecule is CCCCCCCC(O)C=C[C@@H]1CCC(=O)[C@H]1C/C=C\CCCC(=O)O. The minimum Gasteiger partial charge on any atom is -0.481 e. The van der Waals surface area contributed by atoms with E-state index in [0.717, 1.165) is 25.7 Å². The van der Waals surface area contributed by atoms with Crippen molar-refractivity contribution >= 4 is 11.8 Å². The fraction of sp³-hybridized carbons (Fsp3) is 0.727. The largest absolute Gasteiger partial charge is 0.481 e. The van der Waals surface area contributed by atoms with E-state index in [4.69, 9.17) is 5.11 Å². The van der Waals surface area contributed by atoms with Crippen LogP contribution in [-0.4, -0.2) is 28.1 Å². The highest BCUT2D eigenvalue weighted by atomic mass is 16.4. The van der Waals surface area contributed by atoms with Gasteiger partial charge < -0.3 is 10.2 Å². The molecule has 0 radical (unpaired) electrons. The Labute approximate surface area is 158 Å². The molecule has 1 aliphatic carbocycles. The molecule has 0 saturated heterocycles. The van der Waals surface area contributed by atoms with Gasteiger partial charge in [0.25, 0.3) is 0 Å². The Hall–Kier alpha value is -1.42. The molecule has 1 aliphatic rings. The van der Waals surface area contributed by atoms with Gasteiger partial charge in [-0.1, -0.05) is 63.3 Å². The third-order valence-corrected chi connectivity index (χ3v) is 5.16. The van der Waals surface area contributed by atoms with Crippen molar-refractivity contribution in [3.63, 3.8) is 0 Å². The molecular formula is C22H36O4. The van der Waals surface area contributed by atoms with Crippen LogP contribution in [0.5, 0.6) is 0 Å². The number of carbonyl (C=O) groups is 2. The van der Waals surface area contributed by atoms with Gasteiger partial charge in [-0.05, 0) is 38.0 Å². The van der Waals surface area contributed by atoms with Crippen molar-refractivity contribution in [3.05, 3.63) is 24.3 Å². The van der Waals surface area contributed by atoms with Crippen molar-refractivity contribution in [2.24, 2.45) is 11.8 Å². The predicted molar refractivity (Wildman–Crippen MR) is 105 cm³/mol. The van der Waals surface area contributed by atoms with Crippen LogP contribution in [-0.2, 0) is 9.59 Å². The van der Waals surface area contributed by atoms with Crippen LogP contribution in [0.1, 0.15) is 84.0 Å². The smallest absolute Gasteiger partial charge is 0.303 e. The monoisotopic (exact) mass is 364 g/mol. The van der Waals surface area contributed by atoms with Crippen molar-refractivity contribution in [2.45, 2.75) is 90.1 Å². The zero-order valence-electron chi connectivity index (χ0n) is 16.2. The van der Waals surface area contributed by atoms with Crippen molar-refractivity contribution in [1.82, 2.24) is 0 Å². The highest BCUT2D eigenvalue weighted by Crippen LogP contribution is 2.33. The number of carboxylic acid groups (broad SMARTS) is 1. The molecule has 0 spiro atoms. The number of aliphatic carboxylic acids is 1. The summed E-state index contributed by atoms with van der Waals surface area (Å²) >= 11 is 0. The topological polar surface area (TPSA) is 74.6 Å². The van der Waals surface area contributed by atoms with Gasteiger partial charge in [0, 0.05) is 18.8 Å². The van der Waals surface area contributed by atoms with E-state index in [1.165, 1.54) is 25.7 Å². The predicted octanol–water partition coefficient (Wildman–Crippen LogP) is 5.06. The summed E-state index contributed by atoms with van der Waals surface area (Å²) in [5.74, 6) is -0.220. The fourth-order valence-electron chi connectivity index (χ4n) is 3.53. The summed E-state index contributed by atoms with van der Waals surface area (Å²) in [5, 5.41) is 18.7. The molecule has 2 N–H and O–H groups in total. The van der Waals surface area contributed by atoms with E-state index in [0.29, 0.717) is 25.0 Å². The minimum absolute atomic E-state index is 0.0127. The molecule has 0 bridgehead atoms. The zero-order valence-corrected chi connectivity index (χ0v) is 16.2. The summed E-state index contributed by atoms with van der Waals surface area (Å²) in [6.45, 7) is 2.20. The Bertz CT molecular complexity index is 467. The van der Waals surface area contributed by atoms with Gasteiger partial charge in [0.05, 0.1) is 6.10 Å². The molecule has 4 nitrogen and oxygen atoms in total. The van der Waals surface area contributed by atoms with E-state index in [9.17, 15) is 14.7 Å². The zero-order chi connectivity index (χ0) is 19.2. The van der Waals surface area contributed by atoms with Gasteiger partial charge in [-0.25, -0.2) is 0 Å². The van der Waals surface area contributed by atoms with E-state index < -0.39 is 12.1 Å². The van der Waals surface area contributed by atoms with Gasteiger partial charge >= 0.3 is 5.97 Å². The van der Waals surface area contributed by atoms with Crippen molar-refractivity contribution in [3.8, 4) is 0 Å². The number of hydrogen-bond acceptors (Lipinski definition) is 3. The molecule has 0 aromatic heterocycles. The minimum atomic E-state index is -0.765. The molecule has 3 atom stereocenters. The summed E-state index contributed by atoms with van der Waals surface area (Å²) in [4.78, 5) is 22.6. The number of allylic oxidation sites excluding steroid dienone is 3. The van der Waals surface area contributed by atoms with Crippen LogP contribution >= 0.6 is 0 Å². The van der Waals surface area contributed by atoms with Crippen LogP contribution in [0.4, 0.5) is 0 Å². The number of hydrogen-bond donors (Lipinski definition) is 2. The Kier molecular flexibility index (Phi) is 12.0. The maximum atomic E-state index is 12.1. The summed E-state index contributed by atoms with van der Waals surface area (Å²) < 4.78 is 0. The first-order chi connectivity index (χ1) is 12.5. The van der Waals surface area contributed by atoms with Gasteiger partial charge in [0.15, 0.2) is 0 Å². The summed E-state index contributed by atoms with van der Waals surface area (Å²) in [5.41, 5.74) is 0. The second-order valence-corrected chi connectivity index (χ2v) is 7.42.